The van der Waals surface area contributed by atoms with Gasteiger partial charge in [0.05, 0.1) is 23.3 Å². The van der Waals surface area contributed by atoms with Crippen LogP contribution in [0.2, 0.25) is 0 Å². The van der Waals surface area contributed by atoms with Gasteiger partial charge in [-0.05, 0) is 44.2 Å². The monoisotopic (exact) mass is 452 g/mol. The van der Waals surface area contributed by atoms with Crippen molar-refractivity contribution in [2.24, 2.45) is 0 Å². The van der Waals surface area contributed by atoms with Crippen molar-refractivity contribution >= 4 is 18.0 Å². The summed E-state index contributed by atoms with van der Waals surface area (Å²) in [5, 5.41) is 0. The van der Waals surface area contributed by atoms with Crippen molar-refractivity contribution in [2.45, 2.75) is 43.1 Å². The van der Waals surface area contributed by atoms with Crippen LogP contribution in [0.3, 0.4) is 0 Å². The predicted octanol–water partition coefficient (Wildman–Crippen LogP) is 6.77. The molecule has 0 amide bonds. The Balaban J connectivity index is 1.96. The predicted molar refractivity (Wildman–Crippen MR) is 98.8 cm³/mol. The van der Waals surface area contributed by atoms with Crippen molar-refractivity contribution in [3.05, 3.63) is 65.2 Å². The number of alkyl halides is 6. The van der Waals surface area contributed by atoms with E-state index in [4.69, 9.17) is 8.92 Å². The van der Waals surface area contributed by atoms with Crippen LogP contribution in [-0.4, -0.2) is 18.2 Å². The Hall–Kier alpha value is -2.20. The molecular formula is C20H18F6O3S. The van der Waals surface area contributed by atoms with Gasteiger partial charge in [0.1, 0.15) is 5.60 Å². The summed E-state index contributed by atoms with van der Waals surface area (Å²) in [7, 11) is 0. The second-order valence-corrected chi connectivity index (χ2v) is 7.79. The van der Waals surface area contributed by atoms with E-state index in [-0.39, 0.29) is 24.0 Å². The largest absolute Gasteiger partial charge is 0.456 e. The van der Waals surface area contributed by atoms with E-state index in [2.05, 4.69) is 0 Å². The molecular weight excluding hydrogens is 434 g/mol. The molecule has 164 valence electrons. The molecule has 0 radical (unpaired) electrons. The lowest BCUT2D eigenvalue weighted by Crippen LogP contribution is -2.29. The molecule has 0 fully saturated rings. The number of ether oxygens (including phenoxy) is 1. The first kappa shape index (κ1) is 24.1. The van der Waals surface area contributed by atoms with Crippen LogP contribution in [0.15, 0.2) is 53.4 Å². The highest BCUT2D eigenvalue weighted by Crippen LogP contribution is 2.38. The van der Waals surface area contributed by atoms with Crippen molar-refractivity contribution in [2.75, 3.05) is 6.61 Å². The third-order valence-corrected chi connectivity index (χ3v) is 4.59. The minimum Gasteiger partial charge on any atom is -0.456 e. The van der Waals surface area contributed by atoms with Crippen molar-refractivity contribution in [1.29, 1.82) is 0 Å². The second-order valence-electron chi connectivity index (χ2n) is 6.91. The molecule has 0 heterocycles. The maximum absolute atomic E-state index is 12.9. The molecule has 0 aliphatic carbocycles. The van der Waals surface area contributed by atoms with E-state index in [1.54, 1.807) is 44.2 Å². The first-order valence-corrected chi connectivity index (χ1v) is 9.39. The van der Waals surface area contributed by atoms with Gasteiger partial charge in [-0.2, -0.15) is 26.3 Å². The summed E-state index contributed by atoms with van der Waals surface area (Å²) in [4.78, 5) is 11.8. The average molecular weight is 452 g/mol. The molecule has 2 aromatic carbocycles. The fourth-order valence-electron chi connectivity index (χ4n) is 2.31. The summed E-state index contributed by atoms with van der Waals surface area (Å²) in [5.74, 6) is -0.555. The SMILES string of the molecule is CC(C)(CCOSc1cc(C(F)(F)F)cc(C(F)(F)F)c1)OC(=O)c1ccccc1. The number of carbonyl (C=O) groups excluding carboxylic acids is 1. The van der Waals surface area contributed by atoms with Gasteiger partial charge in [-0.15, -0.1) is 0 Å². The zero-order valence-corrected chi connectivity index (χ0v) is 16.8. The van der Waals surface area contributed by atoms with Gasteiger partial charge in [0, 0.05) is 23.4 Å². The van der Waals surface area contributed by atoms with E-state index in [1.807, 2.05) is 0 Å². The Labute approximate surface area is 173 Å². The normalized spacial score (nSPS) is 12.7. The maximum atomic E-state index is 12.9. The number of hydrogen-bond acceptors (Lipinski definition) is 4. The van der Waals surface area contributed by atoms with E-state index in [0.717, 1.165) is 0 Å². The Morgan fingerprint density at radius 2 is 1.43 bits per heavy atom. The van der Waals surface area contributed by atoms with Crippen molar-refractivity contribution < 1.29 is 40.1 Å². The van der Waals surface area contributed by atoms with Crippen LogP contribution in [-0.2, 0) is 21.3 Å². The molecule has 0 spiro atoms. The highest BCUT2D eigenvalue weighted by atomic mass is 32.2. The zero-order valence-electron chi connectivity index (χ0n) is 15.9. The topological polar surface area (TPSA) is 35.5 Å². The second kappa shape index (κ2) is 9.30. The van der Waals surface area contributed by atoms with E-state index >= 15 is 0 Å². The van der Waals surface area contributed by atoms with Crippen LogP contribution in [0.5, 0.6) is 0 Å². The summed E-state index contributed by atoms with van der Waals surface area (Å²) in [5.41, 5.74) is -3.44. The first-order chi connectivity index (χ1) is 13.8. The van der Waals surface area contributed by atoms with Gasteiger partial charge in [-0.3, -0.25) is 0 Å². The summed E-state index contributed by atoms with van der Waals surface area (Å²) in [6, 6.07) is 9.47. The highest BCUT2D eigenvalue weighted by Gasteiger charge is 2.37. The van der Waals surface area contributed by atoms with Gasteiger partial charge >= 0.3 is 18.3 Å². The summed E-state index contributed by atoms with van der Waals surface area (Å²) in [6.45, 7) is 3.17. The van der Waals surface area contributed by atoms with Gasteiger partial charge < -0.3 is 8.92 Å². The third kappa shape index (κ3) is 7.24. The van der Waals surface area contributed by atoms with Crippen LogP contribution in [0.1, 0.15) is 41.8 Å². The molecule has 0 unspecified atom stereocenters. The molecule has 0 aromatic heterocycles. The van der Waals surface area contributed by atoms with Crippen LogP contribution >= 0.6 is 12.0 Å². The zero-order chi connectivity index (χ0) is 22.6. The molecule has 3 nitrogen and oxygen atoms in total. The minimum atomic E-state index is -4.93. The number of benzene rings is 2. The van der Waals surface area contributed by atoms with E-state index in [9.17, 15) is 31.1 Å². The third-order valence-electron chi connectivity index (χ3n) is 3.88. The Morgan fingerprint density at radius 1 is 0.900 bits per heavy atom. The van der Waals surface area contributed by atoms with Crippen LogP contribution < -0.4 is 0 Å². The lowest BCUT2D eigenvalue weighted by Gasteiger charge is -2.25. The number of hydrogen-bond donors (Lipinski definition) is 0. The molecule has 0 atom stereocenters. The van der Waals surface area contributed by atoms with Gasteiger partial charge in [0.15, 0.2) is 0 Å². The standard InChI is InChI=1S/C20H18F6O3S/c1-18(2,29-17(27)13-6-4-3-5-7-13)8-9-28-30-16-11-14(19(21,22)23)10-15(12-16)20(24,25)26/h3-7,10-12H,8-9H2,1-2H3. The van der Waals surface area contributed by atoms with Gasteiger partial charge in [-0.25, -0.2) is 4.79 Å². The van der Waals surface area contributed by atoms with Crippen LogP contribution in [0.25, 0.3) is 0 Å². The van der Waals surface area contributed by atoms with E-state index in [0.29, 0.717) is 29.7 Å². The quantitative estimate of drug-likeness (QED) is 0.201. The summed E-state index contributed by atoms with van der Waals surface area (Å²) in [6.07, 6.45) is -9.68. The molecule has 0 bridgehead atoms. The van der Waals surface area contributed by atoms with E-state index < -0.39 is 35.0 Å². The smallest absolute Gasteiger partial charge is 0.416 e. The number of halogens is 6. The molecule has 0 N–H and O–H groups in total. The van der Waals surface area contributed by atoms with Gasteiger partial charge in [0.25, 0.3) is 0 Å². The first-order valence-electron chi connectivity index (χ1n) is 8.65. The molecule has 30 heavy (non-hydrogen) atoms. The van der Waals surface area contributed by atoms with E-state index in [1.165, 1.54) is 0 Å². The number of esters is 1. The van der Waals surface area contributed by atoms with Crippen molar-refractivity contribution in [3.63, 3.8) is 0 Å². The molecule has 0 aliphatic heterocycles. The van der Waals surface area contributed by atoms with Crippen LogP contribution in [0.4, 0.5) is 26.3 Å². The van der Waals surface area contributed by atoms with Crippen molar-refractivity contribution in [1.82, 2.24) is 0 Å². The maximum Gasteiger partial charge on any atom is 0.416 e. The van der Waals surface area contributed by atoms with Gasteiger partial charge in [-0.1, -0.05) is 18.2 Å². The Bertz CT molecular complexity index is 831. The number of carbonyl (C=O) groups is 1. The minimum absolute atomic E-state index is 0.0518. The van der Waals surface area contributed by atoms with Crippen molar-refractivity contribution in [3.8, 4) is 0 Å². The Kier molecular flexibility index (Phi) is 7.46. The molecule has 2 aromatic rings. The molecule has 0 saturated heterocycles. The number of rotatable bonds is 7. The molecule has 2 rings (SSSR count). The highest BCUT2D eigenvalue weighted by molar-refractivity contribution is 7.94. The Morgan fingerprint density at radius 3 is 1.93 bits per heavy atom. The molecule has 0 saturated carbocycles. The fraction of sp³-hybridized carbons (Fsp3) is 0.350. The summed E-state index contributed by atoms with van der Waals surface area (Å²) >= 11 is 0.396. The lowest BCUT2D eigenvalue weighted by molar-refractivity contribution is -0.143. The fourth-order valence-corrected chi connectivity index (χ4v) is 2.96. The molecule has 0 aliphatic rings. The lowest BCUT2D eigenvalue weighted by atomic mass is 10.1. The van der Waals surface area contributed by atoms with Gasteiger partial charge in [0.2, 0.25) is 0 Å². The molecule has 10 heteroatoms. The summed E-state index contributed by atoms with van der Waals surface area (Å²) < 4.78 is 87.8. The van der Waals surface area contributed by atoms with Crippen LogP contribution in [0, 0.1) is 0 Å². The average Bonchev–Trinajstić information content (AvgIpc) is 2.64.